The molecule has 2 aliphatic rings. The van der Waals surface area contributed by atoms with E-state index in [9.17, 15) is 4.79 Å². The van der Waals surface area contributed by atoms with Crippen molar-refractivity contribution < 1.29 is 9.53 Å². The molecular formula is C21H25N3O2. The minimum atomic E-state index is -0.0114. The smallest absolute Gasteiger partial charge is 0.253 e. The number of piperidine rings is 1. The number of anilines is 1. The van der Waals surface area contributed by atoms with E-state index in [1.165, 1.54) is 11.1 Å². The molecule has 0 aliphatic carbocycles. The van der Waals surface area contributed by atoms with Gasteiger partial charge in [-0.2, -0.15) is 0 Å². The highest BCUT2D eigenvalue weighted by molar-refractivity contribution is 5.98. The zero-order chi connectivity index (χ0) is 18.3. The number of hydrogen-bond donors (Lipinski definition) is 1. The largest absolute Gasteiger partial charge is 0.490 e. The molecule has 3 heterocycles. The molecule has 0 radical (unpaired) electrons. The van der Waals surface area contributed by atoms with Crippen LogP contribution in [0.1, 0.15) is 45.6 Å². The predicted molar refractivity (Wildman–Crippen MR) is 102 cm³/mol. The van der Waals surface area contributed by atoms with E-state index < -0.39 is 0 Å². The molecule has 0 spiro atoms. The van der Waals surface area contributed by atoms with Crippen molar-refractivity contribution in [2.45, 2.75) is 46.3 Å². The van der Waals surface area contributed by atoms with Gasteiger partial charge in [0.15, 0.2) is 0 Å². The van der Waals surface area contributed by atoms with E-state index in [0.29, 0.717) is 6.54 Å². The average Bonchev–Trinajstić information content (AvgIpc) is 2.98. The Hall–Kier alpha value is -2.56. The van der Waals surface area contributed by atoms with E-state index in [1.54, 1.807) is 0 Å². The highest BCUT2D eigenvalue weighted by atomic mass is 16.5. The van der Waals surface area contributed by atoms with Crippen molar-refractivity contribution in [3.63, 3.8) is 0 Å². The highest BCUT2D eigenvalue weighted by Crippen LogP contribution is 2.28. The van der Waals surface area contributed by atoms with Gasteiger partial charge in [0.05, 0.1) is 17.8 Å². The topological polar surface area (TPSA) is 54.5 Å². The summed E-state index contributed by atoms with van der Waals surface area (Å²) in [5, 5.41) is 2.85. The molecule has 2 aromatic rings. The molecule has 0 atom stereocenters. The van der Waals surface area contributed by atoms with Crippen molar-refractivity contribution in [2.24, 2.45) is 0 Å². The summed E-state index contributed by atoms with van der Waals surface area (Å²) in [5.41, 5.74) is 5.21. The molecule has 1 fully saturated rings. The molecule has 1 amide bonds. The first kappa shape index (κ1) is 16.9. The SMILES string of the molecule is Cc1ccc(OC2CCN(c3nc4c(cc3C)C(=O)NC4)CC2)cc1C. The van der Waals surface area contributed by atoms with Crippen molar-refractivity contribution in [1.82, 2.24) is 10.3 Å². The standard InChI is InChI=1S/C21H25N3O2/c1-13-4-5-17(10-14(13)2)26-16-6-8-24(9-7-16)20-15(3)11-18-19(23-20)12-22-21(18)25/h4-5,10-11,16H,6-9,12H2,1-3H3,(H,22,25). The summed E-state index contributed by atoms with van der Waals surface area (Å²) >= 11 is 0. The van der Waals surface area contributed by atoms with Gasteiger partial charge >= 0.3 is 0 Å². The van der Waals surface area contributed by atoms with Crippen molar-refractivity contribution in [3.8, 4) is 5.75 Å². The first-order valence-corrected chi connectivity index (χ1v) is 9.29. The summed E-state index contributed by atoms with van der Waals surface area (Å²) in [4.78, 5) is 18.9. The van der Waals surface area contributed by atoms with Gasteiger partial charge in [0.2, 0.25) is 0 Å². The van der Waals surface area contributed by atoms with Crippen LogP contribution in [0.4, 0.5) is 5.82 Å². The number of ether oxygens (including phenoxy) is 1. The molecule has 1 aromatic carbocycles. The quantitative estimate of drug-likeness (QED) is 0.922. The lowest BCUT2D eigenvalue weighted by Gasteiger charge is -2.34. The number of pyridine rings is 1. The van der Waals surface area contributed by atoms with Gasteiger partial charge in [-0.05, 0) is 55.7 Å². The second-order valence-electron chi connectivity index (χ2n) is 7.36. The van der Waals surface area contributed by atoms with Crippen LogP contribution in [0.3, 0.4) is 0 Å². The van der Waals surface area contributed by atoms with Gasteiger partial charge in [-0.1, -0.05) is 6.07 Å². The minimum absolute atomic E-state index is 0.0114. The Bertz CT molecular complexity index is 855. The summed E-state index contributed by atoms with van der Waals surface area (Å²) in [6.07, 6.45) is 2.19. The maximum Gasteiger partial charge on any atom is 0.253 e. The lowest BCUT2D eigenvalue weighted by atomic mass is 10.1. The molecule has 4 rings (SSSR count). The Morgan fingerprint density at radius 3 is 2.58 bits per heavy atom. The molecule has 136 valence electrons. The van der Waals surface area contributed by atoms with Gasteiger partial charge in [-0.3, -0.25) is 4.79 Å². The molecule has 0 saturated carbocycles. The van der Waals surface area contributed by atoms with Crippen LogP contribution in [0, 0.1) is 20.8 Å². The number of amides is 1. The third-order valence-corrected chi connectivity index (χ3v) is 5.45. The predicted octanol–water partition coefficient (Wildman–Crippen LogP) is 3.30. The fraction of sp³-hybridized carbons (Fsp3) is 0.429. The van der Waals surface area contributed by atoms with Gasteiger partial charge in [0.1, 0.15) is 17.7 Å². The molecule has 0 bridgehead atoms. The lowest BCUT2D eigenvalue weighted by Crippen LogP contribution is -2.39. The van der Waals surface area contributed by atoms with E-state index in [-0.39, 0.29) is 12.0 Å². The summed E-state index contributed by atoms with van der Waals surface area (Å²) in [6, 6.07) is 8.27. The van der Waals surface area contributed by atoms with Gasteiger partial charge in [0.25, 0.3) is 5.91 Å². The molecule has 5 nitrogen and oxygen atoms in total. The second kappa shape index (κ2) is 6.63. The number of fused-ring (bicyclic) bond motifs is 1. The normalized spacial score (nSPS) is 17.2. The van der Waals surface area contributed by atoms with Crippen LogP contribution < -0.4 is 15.0 Å². The number of nitrogens with zero attached hydrogens (tertiary/aromatic N) is 2. The van der Waals surface area contributed by atoms with Crippen molar-refractivity contribution >= 4 is 11.7 Å². The number of carbonyl (C=O) groups is 1. The molecule has 0 unspecified atom stereocenters. The van der Waals surface area contributed by atoms with E-state index in [2.05, 4.69) is 42.3 Å². The molecule has 2 aliphatic heterocycles. The molecule has 1 aromatic heterocycles. The zero-order valence-corrected chi connectivity index (χ0v) is 15.6. The van der Waals surface area contributed by atoms with Crippen LogP contribution in [0.5, 0.6) is 5.75 Å². The Morgan fingerprint density at radius 1 is 1.08 bits per heavy atom. The van der Waals surface area contributed by atoms with Gasteiger partial charge in [-0.25, -0.2) is 4.98 Å². The van der Waals surface area contributed by atoms with E-state index in [0.717, 1.165) is 54.3 Å². The van der Waals surface area contributed by atoms with Crippen LogP contribution in [0.15, 0.2) is 24.3 Å². The maximum atomic E-state index is 11.8. The summed E-state index contributed by atoms with van der Waals surface area (Å²) in [5.74, 6) is 1.95. The van der Waals surface area contributed by atoms with Crippen LogP contribution in [0.2, 0.25) is 0 Å². The Balaban J connectivity index is 1.42. The van der Waals surface area contributed by atoms with Crippen LogP contribution in [-0.2, 0) is 6.54 Å². The molecule has 1 saturated heterocycles. The van der Waals surface area contributed by atoms with E-state index >= 15 is 0 Å². The Labute approximate surface area is 154 Å². The number of benzene rings is 1. The molecule has 26 heavy (non-hydrogen) atoms. The number of hydrogen-bond acceptors (Lipinski definition) is 4. The number of rotatable bonds is 3. The summed E-state index contributed by atoms with van der Waals surface area (Å²) in [7, 11) is 0. The fourth-order valence-electron chi connectivity index (χ4n) is 3.72. The molecular weight excluding hydrogens is 326 g/mol. The number of aryl methyl sites for hydroxylation is 3. The van der Waals surface area contributed by atoms with Crippen molar-refractivity contribution in [2.75, 3.05) is 18.0 Å². The van der Waals surface area contributed by atoms with Crippen LogP contribution >= 0.6 is 0 Å². The highest BCUT2D eigenvalue weighted by Gasteiger charge is 2.26. The van der Waals surface area contributed by atoms with Gasteiger partial charge < -0.3 is 15.0 Å². The maximum absolute atomic E-state index is 11.8. The molecule has 5 heteroatoms. The first-order valence-electron chi connectivity index (χ1n) is 9.29. The summed E-state index contributed by atoms with van der Waals surface area (Å²) in [6.45, 7) is 8.64. The summed E-state index contributed by atoms with van der Waals surface area (Å²) < 4.78 is 6.19. The van der Waals surface area contributed by atoms with Crippen molar-refractivity contribution in [1.29, 1.82) is 0 Å². The van der Waals surface area contributed by atoms with E-state index in [4.69, 9.17) is 9.72 Å². The number of nitrogens with one attached hydrogen (secondary N) is 1. The zero-order valence-electron chi connectivity index (χ0n) is 15.6. The number of aromatic nitrogens is 1. The number of carbonyl (C=O) groups excluding carboxylic acids is 1. The van der Waals surface area contributed by atoms with Crippen LogP contribution in [0.25, 0.3) is 0 Å². The van der Waals surface area contributed by atoms with E-state index in [1.807, 2.05) is 13.0 Å². The van der Waals surface area contributed by atoms with Crippen molar-refractivity contribution in [3.05, 3.63) is 52.2 Å². The fourth-order valence-corrected chi connectivity index (χ4v) is 3.72. The van der Waals surface area contributed by atoms with Crippen LogP contribution in [-0.4, -0.2) is 30.1 Å². The average molecular weight is 351 g/mol. The second-order valence-corrected chi connectivity index (χ2v) is 7.36. The third-order valence-electron chi connectivity index (χ3n) is 5.45. The Morgan fingerprint density at radius 2 is 1.85 bits per heavy atom. The monoisotopic (exact) mass is 351 g/mol. The van der Waals surface area contributed by atoms with Gasteiger partial charge in [0, 0.05) is 25.9 Å². The third kappa shape index (κ3) is 3.14. The van der Waals surface area contributed by atoms with Gasteiger partial charge in [-0.15, -0.1) is 0 Å². The first-order chi connectivity index (χ1) is 12.5. The minimum Gasteiger partial charge on any atom is -0.490 e. The molecule has 1 N–H and O–H groups in total. The Kier molecular flexibility index (Phi) is 4.31. The lowest BCUT2D eigenvalue weighted by molar-refractivity contribution is 0.0965.